The van der Waals surface area contributed by atoms with E-state index in [-0.39, 0.29) is 18.2 Å². The molecule has 1 aromatic rings. The van der Waals surface area contributed by atoms with Crippen molar-refractivity contribution in [2.75, 3.05) is 7.11 Å². The molecule has 0 bridgehead atoms. The number of methoxy groups -OCH3 is 1. The number of ether oxygens (including phenoxy) is 2. The molecule has 0 aliphatic rings. The van der Waals surface area contributed by atoms with E-state index in [2.05, 4.69) is 4.74 Å². The second-order valence-electron chi connectivity index (χ2n) is 3.44. The summed E-state index contributed by atoms with van der Waals surface area (Å²) in [6.45, 7) is 0.147. The molecule has 0 radical (unpaired) electrons. The summed E-state index contributed by atoms with van der Waals surface area (Å²) in [5.74, 6) is -1.06. The van der Waals surface area contributed by atoms with Crippen molar-refractivity contribution in [1.82, 2.24) is 0 Å². The standard InChI is InChI=1S/C13H13ClO4/c1-17-12(14)7-11(15)8-13(16)18-9-10-5-3-2-4-6-10/h2-7H,8-9H2,1H3. The van der Waals surface area contributed by atoms with E-state index in [4.69, 9.17) is 16.3 Å². The Bertz CT molecular complexity index is 440. The van der Waals surface area contributed by atoms with Crippen LogP contribution < -0.4 is 0 Å². The molecule has 0 fully saturated rings. The molecule has 0 atom stereocenters. The average molecular weight is 269 g/mol. The summed E-state index contributed by atoms with van der Waals surface area (Å²) in [5, 5.41) is -0.0594. The molecule has 5 heteroatoms. The smallest absolute Gasteiger partial charge is 0.314 e. The second kappa shape index (κ2) is 7.50. The van der Waals surface area contributed by atoms with Crippen LogP contribution in [-0.2, 0) is 25.7 Å². The highest BCUT2D eigenvalue weighted by Crippen LogP contribution is 2.05. The van der Waals surface area contributed by atoms with E-state index in [9.17, 15) is 9.59 Å². The highest BCUT2D eigenvalue weighted by Gasteiger charge is 2.09. The van der Waals surface area contributed by atoms with Crippen LogP contribution in [0.1, 0.15) is 12.0 Å². The van der Waals surface area contributed by atoms with Crippen LogP contribution in [0.15, 0.2) is 41.6 Å². The van der Waals surface area contributed by atoms with Crippen LogP contribution in [0.3, 0.4) is 0 Å². The lowest BCUT2D eigenvalue weighted by atomic mass is 10.2. The first kappa shape index (κ1) is 14.3. The van der Waals surface area contributed by atoms with Crippen molar-refractivity contribution in [3.05, 3.63) is 47.2 Å². The van der Waals surface area contributed by atoms with Crippen LogP contribution in [0, 0.1) is 0 Å². The van der Waals surface area contributed by atoms with E-state index in [0.717, 1.165) is 11.6 Å². The molecule has 0 aromatic heterocycles. The first-order valence-electron chi connectivity index (χ1n) is 5.25. The van der Waals surface area contributed by atoms with E-state index in [1.165, 1.54) is 7.11 Å². The first-order chi connectivity index (χ1) is 8.61. The third-order valence-corrected chi connectivity index (χ3v) is 2.29. The van der Waals surface area contributed by atoms with Crippen molar-refractivity contribution >= 4 is 23.4 Å². The monoisotopic (exact) mass is 268 g/mol. The fourth-order valence-corrected chi connectivity index (χ4v) is 1.29. The van der Waals surface area contributed by atoms with Gasteiger partial charge in [-0.1, -0.05) is 30.3 Å². The fourth-order valence-electron chi connectivity index (χ4n) is 1.17. The number of esters is 1. The predicted molar refractivity (Wildman–Crippen MR) is 66.8 cm³/mol. The molecule has 0 N–H and O–H groups in total. The van der Waals surface area contributed by atoms with Gasteiger partial charge in [-0.25, -0.2) is 0 Å². The van der Waals surface area contributed by atoms with Crippen LogP contribution in [0.4, 0.5) is 0 Å². The molecule has 0 amide bonds. The van der Waals surface area contributed by atoms with Gasteiger partial charge in [0.1, 0.15) is 13.0 Å². The zero-order chi connectivity index (χ0) is 13.4. The summed E-state index contributed by atoms with van der Waals surface area (Å²) in [6, 6.07) is 9.21. The van der Waals surface area contributed by atoms with Crippen LogP contribution in [0.5, 0.6) is 0 Å². The summed E-state index contributed by atoms with van der Waals surface area (Å²) in [5.41, 5.74) is 0.865. The fraction of sp³-hybridized carbons (Fsp3) is 0.231. The number of hydrogen-bond acceptors (Lipinski definition) is 4. The summed E-state index contributed by atoms with van der Waals surface area (Å²) >= 11 is 5.48. The molecule has 0 unspecified atom stereocenters. The SMILES string of the molecule is COC(Cl)=CC(=O)CC(=O)OCc1ccccc1. The number of allylic oxidation sites excluding steroid dienone is 1. The summed E-state index contributed by atoms with van der Waals surface area (Å²) in [6.07, 6.45) is 0.692. The van der Waals surface area contributed by atoms with Crippen molar-refractivity contribution < 1.29 is 19.1 Å². The lowest BCUT2D eigenvalue weighted by molar-refractivity contribution is -0.146. The summed E-state index contributed by atoms with van der Waals surface area (Å²) < 4.78 is 9.53. The molecule has 1 rings (SSSR count). The minimum absolute atomic E-state index is 0.0594. The van der Waals surface area contributed by atoms with Crippen LogP contribution in [-0.4, -0.2) is 18.9 Å². The van der Waals surface area contributed by atoms with Gasteiger partial charge in [0.15, 0.2) is 11.0 Å². The van der Waals surface area contributed by atoms with Gasteiger partial charge < -0.3 is 9.47 Å². The number of carbonyl (C=O) groups excluding carboxylic acids is 2. The summed E-state index contributed by atoms with van der Waals surface area (Å²) in [4.78, 5) is 22.6. The normalized spacial score (nSPS) is 10.9. The van der Waals surface area contributed by atoms with Gasteiger partial charge in [-0.05, 0) is 17.2 Å². The Morgan fingerprint density at radius 1 is 1.28 bits per heavy atom. The van der Waals surface area contributed by atoms with Gasteiger partial charge >= 0.3 is 5.97 Å². The largest absolute Gasteiger partial charge is 0.486 e. The van der Waals surface area contributed by atoms with E-state index in [0.29, 0.717) is 0 Å². The Hall–Kier alpha value is -1.81. The number of ketones is 1. The Morgan fingerprint density at radius 3 is 2.56 bits per heavy atom. The Morgan fingerprint density at radius 2 is 1.94 bits per heavy atom. The zero-order valence-corrected chi connectivity index (χ0v) is 10.6. The highest BCUT2D eigenvalue weighted by atomic mass is 35.5. The maximum absolute atomic E-state index is 11.3. The van der Waals surface area contributed by atoms with Crippen molar-refractivity contribution in [1.29, 1.82) is 0 Å². The lowest BCUT2D eigenvalue weighted by Crippen LogP contribution is -2.10. The molecule has 18 heavy (non-hydrogen) atoms. The van der Waals surface area contributed by atoms with Gasteiger partial charge in [0.05, 0.1) is 7.11 Å². The molecule has 0 aliphatic carbocycles. The van der Waals surface area contributed by atoms with E-state index in [1.54, 1.807) is 0 Å². The molecule has 1 aromatic carbocycles. The van der Waals surface area contributed by atoms with Crippen molar-refractivity contribution in [3.63, 3.8) is 0 Å². The Labute approximate surface area is 110 Å². The molecule has 0 spiro atoms. The third-order valence-electron chi connectivity index (χ3n) is 2.03. The average Bonchev–Trinajstić information content (AvgIpc) is 2.37. The molecule has 0 saturated heterocycles. The highest BCUT2D eigenvalue weighted by molar-refractivity contribution is 6.30. The van der Waals surface area contributed by atoms with Crippen molar-refractivity contribution in [3.8, 4) is 0 Å². The number of rotatable bonds is 6. The molecule has 96 valence electrons. The molecule has 0 heterocycles. The molecule has 0 saturated carbocycles. The van der Waals surface area contributed by atoms with Crippen molar-refractivity contribution in [2.24, 2.45) is 0 Å². The third kappa shape index (κ3) is 5.50. The number of halogens is 1. The minimum atomic E-state index is -0.597. The zero-order valence-electron chi connectivity index (χ0n) is 9.89. The maximum atomic E-state index is 11.3. The van der Waals surface area contributed by atoms with Crippen LogP contribution in [0.25, 0.3) is 0 Å². The van der Waals surface area contributed by atoms with Gasteiger partial charge in [0, 0.05) is 6.08 Å². The molecular formula is C13H13ClO4. The van der Waals surface area contributed by atoms with Crippen LogP contribution in [0.2, 0.25) is 0 Å². The van der Waals surface area contributed by atoms with E-state index < -0.39 is 11.8 Å². The first-order valence-corrected chi connectivity index (χ1v) is 5.63. The number of hydrogen-bond donors (Lipinski definition) is 0. The maximum Gasteiger partial charge on any atom is 0.314 e. The van der Waals surface area contributed by atoms with Gasteiger partial charge in [-0.3, -0.25) is 9.59 Å². The van der Waals surface area contributed by atoms with Gasteiger partial charge in [-0.2, -0.15) is 0 Å². The number of carbonyl (C=O) groups is 2. The van der Waals surface area contributed by atoms with Gasteiger partial charge in [-0.15, -0.1) is 0 Å². The summed E-state index contributed by atoms with van der Waals surface area (Å²) in [7, 11) is 1.33. The van der Waals surface area contributed by atoms with E-state index >= 15 is 0 Å². The Kier molecular flexibility index (Phi) is 5.94. The lowest BCUT2D eigenvalue weighted by Gasteiger charge is -2.03. The molecular weight excluding hydrogens is 256 g/mol. The van der Waals surface area contributed by atoms with Crippen molar-refractivity contribution in [2.45, 2.75) is 13.0 Å². The molecule has 4 nitrogen and oxygen atoms in total. The quantitative estimate of drug-likeness (QED) is 0.344. The van der Waals surface area contributed by atoms with E-state index in [1.807, 2.05) is 30.3 Å². The second-order valence-corrected chi connectivity index (χ2v) is 3.81. The number of benzene rings is 1. The molecule has 0 aliphatic heterocycles. The topological polar surface area (TPSA) is 52.6 Å². The van der Waals surface area contributed by atoms with Gasteiger partial charge in [0.2, 0.25) is 0 Å². The Balaban J connectivity index is 2.36. The minimum Gasteiger partial charge on any atom is -0.486 e. The predicted octanol–water partition coefficient (Wildman–Crippen LogP) is 2.42. The van der Waals surface area contributed by atoms with Crippen LogP contribution >= 0.6 is 11.6 Å². The van der Waals surface area contributed by atoms with Gasteiger partial charge in [0.25, 0.3) is 0 Å².